The van der Waals surface area contributed by atoms with E-state index < -0.39 is 21.5 Å². The molecule has 0 bridgehead atoms. The Balaban J connectivity index is 1.68. The van der Waals surface area contributed by atoms with Crippen LogP contribution in [0.5, 0.6) is 0 Å². The second-order valence-electron chi connectivity index (χ2n) is 6.86. The third kappa shape index (κ3) is 4.73. The summed E-state index contributed by atoms with van der Waals surface area (Å²) in [5.41, 5.74) is 1.02. The van der Waals surface area contributed by atoms with Crippen LogP contribution in [0, 0.1) is 0 Å². The molecule has 0 aromatic heterocycles. The molecule has 1 amide bonds. The summed E-state index contributed by atoms with van der Waals surface area (Å²) >= 11 is 0. The molecule has 0 unspecified atom stereocenters. The van der Waals surface area contributed by atoms with Crippen LogP contribution < -0.4 is 10.0 Å². The van der Waals surface area contributed by atoms with Crippen LogP contribution in [0.25, 0.3) is 0 Å². The molecule has 0 saturated heterocycles. The Morgan fingerprint density at radius 3 is 2.00 bits per heavy atom. The number of carbonyl (C=O) groups is 2. The highest BCUT2D eigenvalue weighted by molar-refractivity contribution is 7.92. The summed E-state index contributed by atoms with van der Waals surface area (Å²) in [6.45, 7) is 4.02. The summed E-state index contributed by atoms with van der Waals surface area (Å²) in [7, 11) is -3.81. The van der Waals surface area contributed by atoms with Crippen molar-refractivity contribution in [3.8, 4) is 0 Å². The first kappa shape index (κ1) is 21.6. The first-order valence-electron chi connectivity index (χ1n) is 9.65. The summed E-state index contributed by atoms with van der Waals surface area (Å²) in [6, 6.07) is 12.5. The van der Waals surface area contributed by atoms with Gasteiger partial charge in [-0.2, -0.15) is 0 Å². The van der Waals surface area contributed by atoms with Gasteiger partial charge in [0.15, 0.2) is 0 Å². The van der Waals surface area contributed by atoms with Gasteiger partial charge in [0.1, 0.15) is 0 Å². The van der Waals surface area contributed by atoms with Gasteiger partial charge in [-0.05, 0) is 68.7 Å². The lowest BCUT2D eigenvalue weighted by Gasteiger charge is -2.15. The molecule has 160 valence electrons. The number of anilines is 2. The van der Waals surface area contributed by atoms with Gasteiger partial charge in [-0.25, -0.2) is 13.2 Å². The second kappa shape index (κ2) is 8.74. The fourth-order valence-corrected chi connectivity index (χ4v) is 4.14. The Labute approximate surface area is 175 Å². The van der Waals surface area contributed by atoms with E-state index >= 15 is 0 Å². The van der Waals surface area contributed by atoms with Crippen molar-refractivity contribution in [1.82, 2.24) is 0 Å². The minimum absolute atomic E-state index is 0.0474. The van der Waals surface area contributed by atoms with Gasteiger partial charge in [0.05, 0.1) is 23.5 Å². The molecule has 0 atom stereocenters. The van der Waals surface area contributed by atoms with E-state index in [1.54, 1.807) is 38.1 Å². The van der Waals surface area contributed by atoms with E-state index in [0.29, 0.717) is 18.0 Å². The van der Waals surface area contributed by atoms with Gasteiger partial charge in [0, 0.05) is 11.4 Å². The van der Waals surface area contributed by atoms with Crippen molar-refractivity contribution >= 4 is 33.5 Å². The van der Waals surface area contributed by atoms with E-state index in [-0.39, 0.29) is 17.5 Å². The minimum atomic E-state index is -3.81. The standard InChI is InChI=1S/C21H24N2O6S/c1-3-28-19(24)21(13-14-21)15-5-7-17(8-6-15)23-30(26,27)18-11-9-16(10-12-18)22-20(25)29-4-2/h5-12,23H,3-4,13-14H2,1-2H3,(H,22,25). The van der Waals surface area contributed by atoms with Crippen LogP contribution in [0.15, 0.2) is 53.4 Å². The van der Waals surface area contributed by atoms with E-state index in [0.717, 1.165) is 18.4 Å². The number of nitrogens with one attached hydrogen (secondary N) is 2. The SMILES string of the molecule is CCOC(=O)Nc1ccc(S(=O)(=O)Nc2ccc(C3(C(=O)OCC)CC3)cc2)cc1. The lowest BCUT2D eigenvalue weighted by Crippen LogP contribution is -2.23. The molecule has 1 aliphatic rings. The van der Waals surface area contributed by atoms with Crippen LogP contribution in [-0.4, -0.2) is 33.7 Å². The van der Waals surface area contributed by atoms with Gasteiger partial charge in [-0.3, -0.25) is 14.8 Å². The van der Waals surface area contributed by atoms with Crippen molar-refractivity contribution in [2.75, 3.05) is 23.3 Å². The molecular weight excluding hydrogens is 408 g/mol. The molecular formula is C21H24N2O6S. The Morgan fingerprint density at radius 1 is 0.900 bits per heavy atom. The molecule has 0 radical (unpaired) electrons. The van der Waals surface area contributed by atoms with E-state index in [9.17, 15) is 18.0 Å². The van der Waals surface area contributed by atoms with Gasteiger partial charge in [0.25, 0.3) is 10.0 Å². The van der Waals surface area contributed by atoms with Crippen LogP contribution in [0.1, 0.15) is 32.3 Å². The molecule has 1 fully saturated rings. The average Bonchev–Trinajstić information content (AvgIpc) is 3.51. The highest BCUT2D eigenvalue weighted by Crippen LogP contribution is 2.49. The lowest BCUT2D eigenvalue weighted by molar-refractivity contribution is -0.146. The van der Waals surface area contributed by atoms with Gasteiger partial charge in [0.2, 0.25) is 0 Å². The van der Waals surface area contributed by atoms with Gasteiger partial charge in [-0.15, -0.1) is 0 Å². The maximum Gasteiger partial charge on any atom is 0.411 e. The molecule has 3 rings (SSSR count). The zero-order valence-corrected chi connectivity index (χ0v) is 17.6. The van der Waals surface area contributed by atoms with Crippen LogP contribution in [0.2, 0.25) is 0 Å². The number of ether oxygens (including phenoxy) is 2. The molecule has 1 saturated carbocycles. The first-order valence-corrected chi connectivity index (χ1v) is 11.1. The predicted octanol–water partition coefficient (Wildman–Crippen LogP) is 3.65. The van der Waals surface area contributed by atoms with Crippen molar-refractivity contribution in [3.05, 3.63) is 54.1 Å². The normalized spacial score (nSPS) is 14.5. The highest BCUT2D eigenvalue weighted by Gasteiger charge is 2.52. The second-order valence-corrected chi connectivity index (χ2v) is 8.54. The third-order valence-corrected chi connectivity index (χ3v) is 6.19. The summed E-state index contributed by atoms with van der Waals surface area (Å²) in [4.78, 5) is 23.7. The fraction of sp³-hybridized carbons (Fsp3) is 0.333. The molecule has 2 aromatic rings. The van der Waals surface area contributed by atoms with E-state index in [4.69, 9.17) is 9.47 Å². The number of carbonyl (C=O) groups excluding carboxylic acids is 2. The van der Waals surface area contributed by atoms with Gasteiger partial charge in [-0.1, -0.05) is 12.1 Å². The van der Waals surface area contributed by atoms with Crippen molar-refractivity contribution in [3.63, 3.8) is 0 Å². The summed E-state index contributed by atoms with van der Waals surface area (Å²) in [5, 5.41) is 2.50. The van der Waals surface area contributed by atoms with E-state index in [1.807, 2.05) is 0 Å². The molecule has 30 heavy (non-hydrogen) atoms. The zero-order chi connectivity index (χ0) is 21.8. The Kier molecular flexibility index (Phi) is 6.31. The van der Waals surface area contributed by atoms with Crippen molar-refractivity contribution < 1.29 is 27.5 Å². The Morgan fingerprint density at radius 2 is 1.47 bits per heavy atom. The molecule has 8 nitrogen and oxygen atoms in total. The van der Waals surface area contributed by atoms with Gasteiger partial charge >= 0.3 is 12.1 Å². The number of sulfonamides is 1. The lowest BCUT2D eigenvalue weighted by atomic mass is 9.96. The third-order valence-electron chi connectivity index (χ3n) is 4.79. The van der Waals surface area contributed by atoms with Crippen molar-refractivity contribution in [1.29, 1.82) is 0 Å². The molecule has 0 heterocycles. The first-order chi connectivity index (χ1) is 14.3. The molecule has 2 N–H and O–H groups in total. The van der Waals surface area contributed by atoms with Crippen LogP contribution in [0.3, 0.4) is 0 Å². The topological polar surface area (TPSA) is 111 Å². The summed E-state index contributed by atoms with van der Waals surface area (Å²) in [6.07, 6.45) is 0.842. The smallest absolute Gasteiger partial charge is 0.411 e. The van der Waals surface area contributed by atoms with E-state index in [1.165, 1.54) is 24.3 Å². The fourth-order valence-electron chi connectivity index (χ4n) is 3.08. The van der Waals surface area contributed by atoms with Crippen molar-refractivity contribution in [2.45, 2.75) is 37.0 Å². The zero-order valence-electron chi connectivity index (χ0n) is 16.8. The number of hydrogen-bond acceptors (Lipinski definition) is 6. The Bertz CT molecular complexity index is 1010. The molecule has 1 aliphatic carbocycles. The van der Waals surface area contributed by atoms with E-state index in [2.05, 4.69) is 10.0 Å². The van der Waals surface area contributed by atoms with Crippen molar-refractivity contribution in [2.24, 2.45) is 0 Å². The summed E-state index contributed by atoms with van der Waals surface area (Å²) < 4.78 is 37.7. The highest BCUT2D eigenvalue weighted by atomic mass is 32.2. The number of esters is 1. The van der Waals surface area contributed by atoms with Crippen LogP contribution >= 0.6 is 0 Å². The largest absolute Gasteiger partial charge is 0.465 e. The van der Waals surface area contributed by atoms with Gasteiger partial charge < -0.3 is 9.47 Å². The Hall–Kier alpha value is -3.07. The number of hydrogen-bond donors (Lipinski definition) is 2. The summed E-state index contributed by atoms with van der Waals surface area (Å²) in [5.74, 6) is -0.241. The quantitative estimate of drug-likeness (QED) is 0.616. The molecule has 0 spiro atoms. The van der Waals surface area contributed by atoms with Crippen LogP contribution in [-0.2, 0) is 29.7 Å². The average molecular weight is 432 g/mol. The van der Waals surface area contributed by atoms with Crippen LogP contribution in [0.4, 0.5) is 16.2 Å². The number of amides is 1. The maximum atomic E-state index is 12.6. The number of rotatable bonds is 8. The monoisotopic (exact) mass is 432 g/mol. The molecule has 2 aromatic carbocycles. The molecule has 0 aliphatic heterocycles. The predicted molar refractivity (Wildman–Crippen MR) is 112 cm³/mol. The number of benzene rings is 2. The maximum absolute atomic E-state index is 12.6. The molecule has 9 heteroatoms. The minimum Gasteiger partial charge on any atom is -0.465 e.